The van der Waals surface area contributed by atoms with E-state index in [4.69, 9.17) is 9.47 Å². The van der Waals surface area contributed by atoms with Crippen LogP contribution in [0, 0.1) is 13.8 Å². The number of amides is 1. The number of carbonyl (C=O) groups excluding carboxylic acids is 2. The minimum absolute atomic E-state index is 0.136. The molecule has 1 aromatic heterocycles. The van der Waals surface area contributed by atoms with Crippen LogP contribution in [0.3, 0.4) is 0 Å². The molecule has 0 saturated carbocycles. The van der Waals surface area contributed by atoms with Gasteiger partial charge in [0.05, 0.1) is 11.4 Å². The second-order valence-electron chi connectivity index (χ2n) is 8.54. The Kier molecular flexibility index (Phi) is 7.61. The lowest BCUT2D eigenvalue weighted by molar-refractivity contribution is -0.155. The van der Waals surface area contributed by atoms with E-state index in [-0.39, 0.29) is 23.8 Å². The minimum Gasteiger partial charge on any atom is -0.482 e. The average molecular weight is 466 g/mol. The Hall–Kier alpha value is -3.81. The van der Waals surface area contributed by atoms with E-state index in [1.54, 1.807) is 30.8 Å². The average Bonchev–Trinajstić information content (AvgIpc) is 3.01. The SMILES string of the molecule is Cc1ccc(C(C)C)c(OCC(=O)OC(C)C(=O)Nc2c(C)n(C)n(-c3ccccc3)c2=O)c1. The second-order valence-corrected chi connectivity index (χ2v) is 8.54. The van der Waals surface area contributed by atoms with Crippen molar-refractivity contribution < 1.29 is 19.1 Å². The van der Waals surface area contributed by atoms with Crippen molar-refractivity contribution in [3.63, 3.8) is 0 Å². The van der Waals surface area contributed by atoms with Gasteiger partial charge in [-0.15, -0.1) is 0 Å². The van der Waals surface area contributed by atoms with Gasteiger partial charge in [-0.1, -0.05) is 44.2 Å². The molecule has 3 aromatic rings. The van der Waals surface area contributed by atoms with E-state index in [1.807, 2.05) is 57.2 Å². The van der Waals surface area contributed by atoms with Crippen LogP contribution in [0.5, 0.6) is 5.75 Å². The van der Waals surface area contributed by atoms with E-state index in [1.165, 1.54) is 11.6 Å². The Morgan fingerprint density at radius 3 is 2.35 bits per heavy atom. The molecular weight excluding hydrogens is 434 g/mol. The number of hydrogen-bond donors (Lipinski definition) is 1. The molecule has 1 amide bonds. The molecule has 8 nitrogen and oxygen atoms in total. The molecule has 0 aliphatic rings. The van der Waals surface area contributed by atoms with Crippen LogP contribution >= 0.6 is 0 Å². The van der Waals surface area contributed by atoms with Gasteiger partial charge in [0.25, 0.3) is 11.5 Å². The molecule has 3 rings (SSSR count). The third-order valence-corrected chi connectivity index (χ3v) is 5.62. The summed E-state index contributed by atoms with van der Waals surface area (Å²) in [5, 5.41) is 2.61. The van der Waals surface area contributed by atoms with E-state index in [9.17, 15) is 14.4 Å². The zero-order valence-electron chi connectivity index (χ0n) is 20.4. The van der Waals surface area contributed by atoms with Gasteiger partial charge in [-0.25, -0.2) is 9.48 Å². The van der Waals surface area contributed by atoms with Crippen molar-refractivity contribution in [1.82, 2.24) is 9.36 Å². The Morgan fingerprint density at radius 1 is 1.03 bits per heavy atom. The van der Waals surface area contributed by atoms with Crippen molar-refractivity contribution in [2.45, 2.75) is 46.6 Å². The first-order valence-electron chi connectivity index (χ1n) is 11.2. The second kappa shape index (κ2) is 10.4. The number of rotatable bonds is 8. The number of nitrogens with zero attached hydrogens (tertiary/aromatic N) is 2. The van der Waals surface area contributed by atoms with Gasteiger partial charge in [-0.05, 0) is 56.0 Å². The van der Waals surface area contributed by atoms with E-state index >= 15 is 0 Å². The minimum atomic E-state index is -1.11. The van der Waals surface area contributed by atoms with Gasteiger partial charge in [-0.3, -0.25) is 14.3 Å². The summed E-state index contributed by atoms with van der Waals surface area (Å²) < 4.78 is 14.1. The molecule has 1 atom stereocenters. The smallest absolute Gasteiger partial charge is 0.344 e. The number of benzene rings is 2. The Morgan fingerprint density at radius 2 is 1.71 bits per heavy atom. The van der Waals surface area contributed by atoms with E-state index in [2.05, 4.69) is 5.32 Å². The largest absolute Gasteiger partial charge is 0.482 e. The summed E-state index contributed by atoms with van der Waals surface area (Å²) in [5.74, 6) is -0.432. The molecule has 0 bridgehead atoms. The Bertz CT molecular complexity index is 1240. The molecule has 2 aromatic carbocycles. The monoisotopic (exact) mass is 465 g/mol. The quantitative estimate of drug-likeness (QED) is 0.510. The van der Waals surface area contributed by atoms with Crippen LogP contribution in [0.1, 0.15) is 43.5 Å². The number of para-hydroxylation sites is 1. The number of aryl methyl sites for hydroxylation is 1. The number of anilines is 1. The zero-order chi connectivity index (χ0) is 25.0. The fourth-order valence-corrected chi connectivity index (χ4v) is 3.60. The fraction of sp³-hybridized carbons (Fsp3) is 0.346. The molecule has 0 aliphatic heterocycles. The van der Waals surface area contributed by atoms with Gasteiger partial charge >= 0.3 is 5.97 Å². The summed E-state index contributed by atoms with van der Waals surface area (Å²) in [7, 11) is 1.73. The first-order valence-corrected chi connectivity index (χ1v) is 11.2. The molecule has 1 N–H and O–H groups in total. The topological polar surface area (TPSA) is 91.6 Å². The van der Waals surface area contributed by atoms with Crippen molar-refractivity contribution >= 4 is 17.6 Å². The summed E-state index contributed by atoms with van der Waals surface area (Å²) >= 11 is 0. The highest BCUT2D eigenvalue weighted by molar-refractivity contribution is 5.95. The number of ether oxygens (including phenoxy) is 2. The van der Waals surface area contributed by atoms with Crippen LogP contribution in [0.4, 0.5) is 5.69 Å². The molecule has 0 saturated heterocycles. The standard InChI is InChI=1S/C26H31N3O5/c1-16(2)21-13-12-17(3)14-22(21)33-15-23(30)34-19(5)25(31)27-24-18(4)28(6)29(26(24)32)20-10-8-7-9-11-20/h7-14,16,19H,15H2,1-6H3,(H,27,31). The first kappa shape index (κ1) is 24.8. The molecule has 0 radical (unpaired) electrons. The number of nitrogens with one attached hydrogen (secondary N) is 1. The normalized spacial score (nSPS) is 11.9. The molecule has 0 fully saturated rings. The summed E-state index contributed by atoms with van der Waals surface area (Å²) in [4.78, 5) is 38.0. The molecule has 1 heterocycles. The van der Waals surface area contributed by atoms with Gasteiger partial charge in [0, 0.05) is 7.05 Å². The van der Waals surface area contributed by atoms with Crippen molar-refractivity contribution in [2.75, 3.05) is 11.9 Å². The number of esters is 1. The molecule has 1 unspecified atom stereocenters. The van der Waals surface area contributed by atoms with Gasteiger partial charge in [0.1, 0.15) is 11.4 Å². The lowest BCUT2D eigenvalue weighted by Gasteiger charge is -2.16. The van der Waals surface area contributed by atoms with E-state index in [0.717, 1.165) is 11.1 Å². The van der Waals surface area contributed by atoms with Crippen LogP contribution in [-0.2, 0) is 21.4 Å². The van der Waals surface area contributed by atoms with Crippen molar-refractivity contribution in [1.29, 1.82) is 0 Å². The van der Waals surface area contributed by atoms with Gasteiger partial charge in [0.2, 0.25) is 0 Å². The third kappa shape index (κ3) is 5.39. The highest BCUT2D eigenvalue weighted by Crippen LogP contribution is 2.27. The van der Waals surface area contributed by atoms with Crippen molar-refractivity contribution in [3.05, 3.63) is 75.7 Å². The summed E-state index contributed by atoms with van der Waals surface area (Å²) in [5.41, 5.74) is 3.01. The predicted molar refractivity (Wildman–Crippen MR) is 131 cm³/mol. The molecule has 34 heavy (non-hydrogen) atoms. The van der Waals surface area contributed by atoms with Gasteiger partial charge in [-0.2, -0.15) is 0 Å². The van der Waals surface area contributed by atoms with E-state index < -0.39 is 18.0 Å². The van der Waals surface area contributed by atoms with E-state index in [0.29, 0.717) is 17.1 Å². The van der Waals surface area contributed by atoms with Crippen LogP contribution in [0.2, 0.25) is 0 Å². The maximum absolute atomic E-state index is 13.0. The van der Waals surface area contributed by atoms with Crippen LogP contribution in [-0.4, -0.2) is 34.0 Å². The molecular formula is C26H31N3O5. The summed E-state index contributed by atoms with van der Waals surface area (Å²) in [6.45, 7) is 8.88. The number of hydrogen-bond acceptors (Lipinski definition) is 5. The summed E-state index contributed by atoms with van der Waals surface area (Å²) in [6, 6.07) is 14.9. The highest BCUT2D eigenvalue weighted by atomic mass is 16.6. The van der Waals surface area contributed by atoms with Crippen molar-refractivity contribution in [2.24, 2.45) is 7.05 Å². The Balaban J connectivity index is 1.66. The maximum atomic E-state index is 13.0. The number of aromatic nitrogens is 2. The molecule has 0 aliphatic carbocycles. The molecule has 0 spiro atoms. The zero-order valence-corrected chi connectivity index (χ0v) is 20.4. The number of carbonyl (C=O) groups is 2. The fourth-order valence-electron chi connectivity index (χ4n) is 3.60. The molecule has 8 heteroatoms. The summed E-state index contributed by atoms with van der Waals surface area (Å²) in [6.07, 6.45) is -1.11. The predicted octanol–water partition coefficient (Wildman–Crippen LogP) is 3.87. The maximum Gasteiger partial charge on any atom is 0.344 e. The third-order valence-electron chi connectivity index (χ3n) is 5.62. The highest BCUT2D eigenvalue weighted by Gasteiger charge is 2.23. The molecule has 180 valence electrons. The lowest BCUT2D eigenvalue weighted by atomic mass is 10.0. The van der Waals surface area contributed by atoms with Crippen molar-refractivity contribution in [3.8, 4) is 11.4 Å². The lowest BCUT2D eigenvalue weighted by Crippen LogP contribution is -2.33. The van der Waals surface area contributed by atoms with Crippen LogP contribution in [0.15, 0.2) is 53.3 Å². The first-order chi connectivity index (χ1) is 16.1. The Labute approximate surface area is 199 Å². The van der Waals surface area contributed by atoms with Gasteiger partial charge in [0.15, 0.2) is 12.7 Å². The van der Waals surface area contributed by atoms with Gasteiger partial charge < -0.3 is 14.8 Å². The van der Waals surface area contributed by atoms with Crippen LogP contribution < -0.4 is 15.6 Å². The van der Waals surface area contributed by atoms with Crippen LogP contribution in [0.25, 0.3) is 5.69 Å².